The van der Waals surface area contributed by atoms with Gasteiger partial charge in [0.15, 0.2) is 0 Å². The Labute approximate surface area is 117 Å². The highest BCUT2D eigenvalue weighted by Gasteiger charge is 2.16. The largest absolute Gasteiger partial charge is 0.458 e. The van der Waals surface area contributed by atoms with Gasteiger partial charge in [-0.05, 0) is 35.1 Å². The number of fused-ring (bicyclic) bond motifs is 1. The quantitative estimate of drug-likeness (QED) is 0.897. The van der Waals surface area contributed by atoms with Crippen molar-refractivity contribution in [1.82, 2.24) is 5.32 Å². The number of hydrogen-bond acceptors (Lipinski definition) is 3. The summed E-state index contributed by atoms with van der Waals surface area (Å²) in [6.45, 7) is 1.24. The van der Waals surface area contributed by atoms with E-state index in [1.54, 1.807) is 7.11 Å². The first-order valence-corrected chi connectivity index (χ1v) is 6.78. The Morgan fingerprint density at radius 1 is 1.35 bits per heavy atom. The molecule has 17 heavy (non-hydrogen) atoms. The molecule has 0 radical (unpaired) electrons. The molecule has 3 nitrogen and oxygen atoms in total. The Morgan fingerprint density at radius 3 is 2.76 bits per heavy atom. The highest BCUT2D eigenvalue weighted by Crippen LogP contribution is 2.34. The molecule has 1 aromatic heterocycles. The average Bonchev–Trinajstić information content (AvgIpc) is 2.59. The number of hydrogen-bond donors (Lipinski definition) is 1. The SMILES string of the molecule is CNCc1oc2c(Br)cc(Br)cc2c1COC. The first-order chi connectivity index (χ1) is 8.17. The van der Waals surface area contributed by atoms with Gasteiger partial charge in [0.05, 0.1) is 17.6 Å². The predicted molar refractivity (Wildman–Crippen MR) is 75.1 cm³/mol. The van der Waals surface area contributed by atoms with E-state index in [0.717, 1.165) is 31.2 Å². The summed E-state index contributed by atoms with van der Waals surface area (Å²) in [5, 5.41) is 4.18. The van der Waals surface area contributed by atoms with Crippen LogP contribution in [0.5, 0.6) is 0 Å². The van der Waals surface area contributed by atoms with Gasteiger partial charge in [-0.2, -0.15) is 0 Å². The second-order valence-corrected chi connectivity index (χ2v) is 5.50. The first kappa shape index (κ1) is 13.1. The van der Waals surface area contributed by atoms with E-state index in [2.05, 4.69) is 43.2 Å². The van der Waals surface area contributed by atoms with E-state index < -0.39 is 0 Å². The van der Waals surface area contributed by atoms with Crippen molar-refractivity contribution in [3.05, 3.63) is 32.4 Å². The van der Waals surface area contributed by atoms with Crippen LogP contribution in [0.3, 0.4) is 0 Å². The summed E-state index contributed by atoms with van der Waals surface area (Å²) in [5.41, 5.74) is 1.96. The summed E-state index contributed by atoms with van der Waals surface area (Å²) < 4.78 is 13.1. The minimum atomic E-state index is 0.549. The van der Waals surface area contributed by atoms with Crippen molar-refractivity contribution in [3.8, 4) is 0 Å². The van der Waals surface area contributed by atoms with E-state index in [0.29, 0.717) is 13.2 Å². The van der Waals surface area contributed by atoms with Crippen LogP contribution in [0, 0.1) is 0 Å². The fourth-order valence-corrected chi connectivity index (χ4v) is 3.14. The summed E-state index contributed by atoms with van der Waals surface area (Å²) in [4.78, 5) is 0. The lowest BCUT2D eigenvalue weighted by Gasteiger charge is -2.01. The Bertz CT molecular complexity index is 537. The molecule has 0 aliphatic rings. The zero-order valence-electron chi connectivity index (χ0n) is 9.64. The van der Waals surface area contributed by atoms with E-state index in [-0.39, 0.29) is 0 Å². The van der Waals surface area contributed by atoms with Gasteiger partial charge in [0.2, 0.25) is 0 Å². The number of ether oxygens (including phenoxy) is 1. The molecule has 0 aliphatic carbocycles. The van der Waals surface area contributed by atoms with Crippen LogP contribution >= 0.6 is 31.9 Å². The molecule has 0 amide bonds. The van der Waals surface area contributed by atoms with Crippen molar-refractivity contribution in [2.45, 2.75) is 13.2 Å². The van der Waals surface area contributed by atoms with Crippen molar-refractivity contribution in [2.75, 3.05) is 14.2 Å². The standard InChI is InChI=1S/C12H13Br2NO2/c1-15-5-11-9(6-16-2)8-3-7(13)4-10(14)12(8)17-11/h3-4,15H,5-6H2,1-2H3. The van der Waals surface area contributed by atoms with Gasteiger partial charge in [0.25, 0.3) is 0 Å². The molecule has 1 aromatic carbocycles. The van der Waals surface area contributed by atoms with Crippen LogP contribution in [-0.2, 0) is 17.9 Å². The van der Waals surface area contributed by atoms with Crippen molar-refractivity contribution < 1.29 is 9.15 Å². The lowest BCUT2D eigenvalue weighted by Crippen LogP contribution is -2.06. The second kappa shape index (κ2) is 5.52. The zero-order valence-corrected chi connectivity index (χ0v) is 12.8. The molecule has 1 N–H and O–H groups in total. The summed E-state index contributed by atoms with van der Waals surface area (Å²) >= 11 is 7.00. The van der Waals surface area contributed by atoms with E-state index >= 15 is 0 Å². The Hall–Kier alpha value is -0.360. The molecular formula is C12H13Br2NO2. The van der Waals surface area contributed by atoms with Gasteiger partial charge in [0, 0.05) is 22.5 Å². The molecular weight excluding hydrogens is 350 g/mol. The number of methoxy groups -OCH3 is 1. The van der Waals surface area contributed by atoms with Crippen LogP contribution in [0.1, 0.15) is 11.3 Å². The second-order valence-electron chi connectivity index (χ2n) is 3.73. The van der Waals surface area contributed by atoms with Gasteiger partial charge in [-0.1, -0.05) is 15.9 Å². The number of nitrogens with one attached hydrogen (secondary N) is 1. The normalized spacial score (nSPS) is 11.3. The van der Waals surface area contributed by atoms with Crippen LogP contribution in [0.2, 0.25) is 0 Å². The lowest BCUT2D eigenvalue weighted by molar-refractivity contribution is 0.183. The summed E-state index contributed by atoms with van der Waals surface area (Å²) in [7, 11) is 3.59. The summed E-state index contributed by atoms with van der Waals surface area (Å²) in [5.74, 6) is 0.920. The van der Waals surface area contributed by atoms with Gasteiger partial charge in [-0.25, -0.2) is 0 Å². The summed E-state index contributed by atoms with van der Waals surface area (Å²) in [6, 6.07) is 4.03. The molecule has 5 heteroatoms. The molecule has 0 fully saturated rings. The lowest BCUT2D eigenvalue weighted by atomic mass is 10.1. The molecule has 1 heterocycles. The molecule has 0 saturated heterocycles. The van der Waals surface area contributed by atoms with Crippen LogP contribution in [-0.4, -0.2) is 14.2 Å². The first-order valence-electron chi connectivity index (χ1n) is 5.20. The molecule has 0 saturated carbocycles. The molecule has 0 spiro atoms. The van der Waals surface area contributed by atoms with Crippen LogP contribution in [0.25, 0.3) is 11.0 Å². The topological polar surface area (TPSA) is 34.4 Å². The van der Waals surface area contributed by atoms with Gasteiger partial charge in [-0.3, -0.25) is 0 Å². The maximum atomic E-state index is 5.87. The minimum Gasteiger partial charge on any atom is -0.458 e. The third-order valence-electron chi connectivity index (χ3n) is 2.52. The fourth-order valence-electron chi connectivity index (χ4n) is 1.83. The average molecular weight is 363 g/mol. The smallest absolute Gasteiger partial charge is 0.148 e. The third-order valence-corrected chi connectivity index (χ3v) is 3.57. The van der Waals surface area contributed by atoms with Crippen LogP contribution in [0.15, 0.2) is 25.5 Å². The minimum absolute atomic E-state index is 0.549. The fraction of sp³-hybridized carbons (Fsp3) is 0.333. The number of halogens is 2. The van der Waals surface area contributed by atoms with E-state index in [1.807, 2.05) is 13.1 Å². The van der Waals surface area contributed by atoms with Gasteiger partial charge < -0.3 is 14.5 Å². The Morgan fingerprint density at radius 2 is 2.12 bits per heavy atom. The number of rotatable bonds is 4. The van der Waals surface area contributed by atoms with Crippen molar-refractivity contribution in [2.24, 2.45) is 0 Å². The van der Waals surface area contributed by atoms with E-state index in [4.69, 9.17) is 9.15 Å². The van der Waals surface area contributed by atoms with Gasteiger partial charge in [-0.15, -0.1) is 0 Å². The molecule has 0 bridgehead atoms. The maximum absolute atomic E-state index is 5.87. The summed E-state index contributed by atoms with van der Waals surface area (Å²) in [6.07, 6.45) is 0. The van der Waals surface area contributed by atoms with Gasteiger partial charge >= 0.3 is 0 Å². The van der Waals surface area contributed by atoms with Crippen molar-refractivity contribution in [3.63, 3.8) is 0 Å². The Kier molecular flexibility index (Phi) is 4.25. The van der Waals surface area contributed by atoms with Crippen LogP contribution < -0.4 is 5.32 Å². The molecule has 0 unspecified atom stereocenters. The number of furan rings is 1. The third kappa shape index (κ3) is 2.57. The highest BCUT2D eigenvalue weighted by atomic mass is 79.9. The van der Waals surface area contributed by atoms with Crippen molar-refractivity contribution >= 4 is 42.8 Å². The highest BCUT2D eigenvalue weighted by molar-refractivity contribution is 9.11. The predicted octanol–water partition coefficient (Wildman–Crippen LogP) is 3.82. The molecule has 0 atom stereocenters. The zero-order chi connectivity index (χ0) is 12.4. The van der Waals surface area contributed by atoms with Crippen molar-refractivity contribution in [1.29, 1.82) is 0 Å². The molecule has 2 aromatic rings. The maximum Gasteiger partial charge on any atom is 0.148 e. The molecule has 2 rings (SSSR count). The number of benzene rings is 1. The van der Waals surface area contributed by atoms with E-state index in [9.17, 15) is 0 Å². The van der Waals surface area contributed by atoms with Gasteiger partial charge in [0.1, 0.15) is 11.3 Å². The monoisotopic (exact) mass is 361 g/mol. The molecule has 0 aliphatic heterocycles. The Balaban J connectivity index is 2.66. The van der Waals surface area contributed by atoms with Crippen LogP contribution in [0.4, 0.5) is 0 Å². The van der Waals surface area contributed by atoms with E-state index in [1.165, 1.54) is 0 Å². The molecule has 92 valence electrons.